The van der Waals surface area contributed by atoms with Gasteiger partial charge in [-0.1, -0.05) is 25.5 Å². The lowest BCUT2D eigenvalue weighted by Crippen LogP contribution is -2.37. The highest BCUT2D eigenvalue weighted by Gasteiger charge is 2.69. The predicted molar refractivity (Wildman–Crippen MR) is 107 cm³/mol. The van der Waals surface area contributed by atoms with E-state index in [1.807, 2.05) is 0 Å². The molecule has 1 aromatic heterocycles. The maximum atomic E-state index is 13.3. The summed E-state index contributed by atoms with van der Waals surface area (Å²) in [6.07, 6.45) is 0.345. The zero-order valence-electron chi connectivity index (χ0n) is 16.6. The molecule has 172 valence electrons. The third kappa shape index (κ3) is 4.60. The number of rotatable bonds is 7. The maximum Gasteiger partial charge on any atom is 0.300 e. The average Bonchev–Trinajstić information content (AvgIpc) is 2.98. The summed E-state index contributed by atoms with van der Waals surface area (Å²) in [7, 11) is -8.60. The smallest absolute Gasteiger partial charge is 0.300 e. The van der Waals surface area contributed by atoms with Gasteiger partial charge in [0.1, 0.15) is 5.25 Å². The van der Waals surface area contributed by atoms with Crippen LogP contribution in [0.4, 0.5) is 19.4 Å². The van der Waals surface area contributed by atoms with E-state index < -0.39 is 45.4 Å². The van der Waals surface area contributed by atoms with E-state index in [4.69, 9.17) is 10.1 Å². The van der Waals surface area contributed by atoms with Gasteiger partial charge in [-0.25, -0.2) is 4.57 Å². The second kappa shape index (κ2) is 6.84. The number of nitrogens with zero attached hydrogens (tertiary/aromatic N) is 2. The molecule has 1 aliphatic carbocycles. The Hall–Kier alpha value is -2.83. The number of halogens is 5. The van der Waals surface area contributed by atoms with Gasteiger partial charge < -0.3 is 15.0 Å². The van der Waals surface area contributed by atoms with Gasteiger partial charge in [-0.15, -0.1) is 0 Å². The monoisotopic (exact) mass is 468 g/mol. The molecule has 0 fully saturated rings. The molecule has 2 aliphatic rings. The Labute approximate surface area is 174 Å². The van der Waals surface area contributed by atoms with Crippen molar-refractivity contribution in [2.24, 2.45) is 0 Å². The number of aromatic nitrogens is 1. The van der Waals surface area contributed by atoms with Crippen LogP contribution in [0, 0.1) is 5.41 Å². The molecule has 1 aliphatic heterocycles. The van der Waals surface area contributed by atoms with Gasteiger partial charge in [0.15, 0.2) is 11.5 Å². The number of nitrogens with one attached hydrogen (secondary N) is 2. The lowest BCUT2D eigenvalue weighted by atomic mass is 10.00. The third-order valence-corrected chi connectivity index (χ3v) is 6.41. The van der Waals surface area contributed by atoms with Gasteiger partial charge in [0, 0.05) is 30.4 Å². The lowest BCUT2D eigenvalue weighted by Gasteiger charge is -2.47. The van der Waals surface area contributed by atoms with Gasteiger partial charge in [0.2, 0.25) is 5.96 Å². The molecule has 1 atom stereocenters. The second-order valence-corrected chi connectivity index (χ2v) is 9.84. The zero-order valence-corrected chi connectivity index (χ0v) is 17.4. The Balaban J connectivity index is 1.86. The number of pyridine rings is 1. The fourth-order valence-electron chi connectivity index (χ4n) is 3.39. The van der Waals surface area contributed by atoms with Crippen LogP contribution in [0.25, 0.3) is 0 Å². The summed E-state index contributed by atoms with van der Waals surface area (Å²) in [5.41, 5.74) is -0.892. The molecule has 0 bridgehead atoms. The Kier molecular flexibility index (Phi) is 5.04. The summed E-state index contributed by atoms with van der Waals surface area (Å²) < 4.78 is 72.9. The molecular weight excluding hydrogens is 447 g/mol. The first-order valence-electron chi connectivity index (χ1n) is 9.22. The van der Waals surface area contributed by atoms with Crippen LogP contribution in [0.15, 0.2) is 40.3 Å². The number of carbonyl (C=O) groups is 1. The van der Waals surface area contributed by atoms with Crippen LogP contribution in [-0.2, 0) is 11.3 Å². The number of fused-ring (bicyclic) bond motifs is 1. The van der Waals surface area contributed by atoms with E-state index in [1.54, 1.807) is 6.92 Å². The molecule has 2 N–H and O–H groups in total. The van der Waals surface area contributed by atoms with E-state index in [9.17, 15) is 29.0 Å². The van der Waals surface area contributed by atoms with Gasteiger partial charge in [0.05, 0.1) is 19.7 Å². The van der Waals surface area contributed by atoms with Crippen molar-refractivity contribution in [3.8, 4) is 5.75 Å². The quantitative estimate of drug-likeness (QED) is 0.598. The largest absolute Gasteiger partial charge is 0.488 e. The summed E-state index contributed by atoms with van der Waals surface area (Å²) in [6.45, 7) is 1.33. The molecule has 13 heteroatoms. The molecule has 3 rings (SSSR count). The van der Waals surface area contributed by atoms with Crippen LogP contribution in [0.3, 0.4) is 0 Å². The Morgan fingerprint density at radius 3 is 2.55 bits per heavy atom. The normalized spacial score (nSPS) is 20.9. The Morgan fingerprint density at radius 2 is 1.97 bits per heavy atom. The molecule has 1 aromatic rings. The van der Waals surface area contributed by atoms with E-state index in [0.717, 1.165) is 10.6 Å². The SMILES string of the molecule is CCOc1ccc2n(c1=O)C(=N)N(CC(=O)C1=CC(S(F)(F)(F)(F)F)CC(NC)=C1)C2. The van der Waals surface area contributed by atoms with Crippen molar-refractivity contribution in [1.82, 2.24) is 14.8 Å². The van der Waals surface area contributed by atoms with Gasteiger partial charge in [-0.05, 0) is 25.1 Å². The van der Waals surface area contributed by atoms with Crippen molar-refractivity contribution in [3.63, 3.8) is 0 Å². The number of Topliss-reactive ketones (excluding diaryl/α,β-unsaturated/α-hetero) is 1. The minimum Gasteiger partial charge on any atom is -0.488 e. The highest BCUT2D eigenvalue weighted by molar-refractivity contribution is 8.46. The predicted octanol–water partition coefficient (Wildman–Crippen LogP) is 3.52. The molecule has 0 saturated heterocycles. The Bertz CT molecular complexity index is 1080. The first kappa shape index (κ1) is 22.8. The van der Waals surface area contributed by atoms with Crippen molar-refractivity contribution >= 4 is 22.0 Å². The Morgan fingerprint density at radius 1 is 1.29 bits per heavy atom. The topological polar surface area (TPSA) is 87.4 Å². The van der Waals surface area contributed by atoms with Crippen LogP contribution in [0.2, 0.25) is 0 Å². The van der Waals surface area contributed by atoms with Crippen molar-refractivity contribution < 1.29 is 29.0 Å². The zero-order chi connectivity index (χ0) is 23.3. The van der Waals surface area contributed by atoms with Crippen molar-refractivity contribution in [2.75, 3.05) is 20.2 Å². The van der Waals surface area contributed by atoms with Crippen molar-refractivity contribution in [3.05, 3.63) is 51.6 Å². The molecule has 0 amide bonds. The van der Waals surface area contributed by atoms with Gasteiger partial charge in [-0.2, -0.15) is 0 Å². The number of ether oxygens (including phenoxy) is 1. The third-order valence-electron chi connectivity index (χ3n) is 4.96. The van der Waals surface area contributed by atoms with E-state index in [-0.39, 0.29) is 36.6 Å². The number of allylic oxidation sites excluding steroid dienone is 2. The standard InChI is InChI=1S/C18H21F5N4O3S/c1-3-30-16-5-4-13-9-26(18(24)27(13)17(16)29)10-15(28)11-6-12(25-2)8-14(7-11)31(19,20,21,22)23/h4-7,14,24-25H,3,8-10H2,1-2H3. The molecule has 0 saturated carbocycles. The summed E-state index contributed by atoms with van der Waals surface area (Å²) >= 11 is 0. The van der Waals surface area contributed by atoms with Crippen molar-refractivity contribution in [2.45, 2.75) is 25.1 Å². The summed E-state index contributed by atoms with van der Waals surface area (Å²) in [4.78, 5) is 26.3. The number of hydrogen-bond donors (Lipinski definition) is 2. The van der Waals surface area contributed by atoms with E-state index in [1.165, 1.54) is 24.1 Å². The van der Waals surface area contributed by atoms with E-state index in [0.29, 0.717) is 5.69 Å². The lowest BCUT2D eigenvalue weighted by molar-refractivity contribution is -0.115. The first-order chi connectivity index (χ1) is 14.1. The number of hydrogen-bond acceptors (Lipinski definition) is 5. The molecule has 31 heavy (non-hydrogen) atoms. The van der Waals surface area contributed by atoms with Crippen LogP contribution < -0.4 is 15.6 Å². The highest BCUT2D eigenvalue weighted by atomic mass is 32.5. The molecule has 7 nitrogen and oxygen atoms in total. The van der Waals surface area contributed by atoms with Crippen LogP contribution in [0.5, 0.6) is 5.75 Å². The molecule has 0 radical (unpaired) electrons. The first-order valence-corrected chi connectivity index (χ1v) is 11.2. The minimum absolute atomic E-state index is 0.0134. The van der Waals surface area contributed by atoms with Crippen LogP contribution in [0.1, 0.15) is 19.0 Å². The molecule has 0 aromatic carbocycles. The minimum atomic E-state index is -9.88. The van der Waals surface area contributed by atoms with Crippen molar-refractivity contribution in [1.29, 1.82) is 5.41 Å². The molecule has 0 spiro atoms. The maximum absolute atomic E-state index is 13.3. The van der Waals surface area contributed by atoms with E-state index >= 15 is 0 Å². The second-order valence-electron chi connectivity index (χ2n) is 7.18. The number of carbonyl (C=O) groups excluding carboxylic acids is 1. The number of ketones is 1. The highest BCUT2D eigenvalue weighted by Crippen LogP contribution is 3.01. The van der Waals surface area contributed by atoms with Gasteiger partial charge in [-0.3, -0.25) is 15.0 Å². The fraction of sp³-hybridized carbons (Fsp3) is 0.389. The summed E-state index contributed by atoms with van der Waals surface area (Å²) in [5, 5.41) is 7.52. The average molecular weight is 468 g/mol. The molecule has 2 heterocycles. The summed E-state index contributed by atoms with van der Waals surface area (Å²) in [6, 6.07) is 2.97. The van der Waals surface area contributed by atoms with Crippen LogP contribution >= 0.6 is 10.2 Å². The van der Waals surface area contributed by atoms with Gasteiger partial charge >= 0.3 is 0 Å². The van der Waals surface area contributed by atoms with Gasteiger partial charge in [0.25, 0.3) is 15.8 Å². The summed E-state index contributed by atoms with van der Waals surface area (Å²) in [5.74, 6) is -1.22. The molecular formula is C18H21F5N4O3S. The fourth-order valence-corrected chi connectivity index (χ4v) is 4.29. The van der Waals surface area contributed by atoms with E-state index in [2.05, 4.69) is 5.32 Å². The van der Waals surface area contributed by atoms with Crippen LogP contribution in [-0.4, -0.2) is 46.7 Å². The molecule has 1 unspecified atom stereocenters.